The maximum atomic E-state index is 10.7. The second-order valence-corrected chi connectivity index (χ2v) is 2.02. The maximum Gasteiger partial charge on any atom is 0.254 e. The van der Waals surface area contributed by atoms with Gasteiger partial charge in [-0.2, -0.15) is 0 Å². The zero-order valence-corrected chi connectivity index (χ0v) is 6.46. The third-order valence-electron chi connectivity index (χ3n) is 1.13. The summed E-state index contributed by atoms with van der Waals surface area (Å²) in [5.74, 6) is 0.439. The standard InChI is InChI=1S/C7H9NO3/c1-3-10-7-4-6(5(2)9)11-8-7/h4H,3H2,1-2H3. The highest BCUT2D eigenvalue weighted by molar-refractivity contribution is 5.91. The molecular weight excluding hydrogens is 146 g/mol. The van der Waals surface area contributed by atoms with Crippen LogP contribution in [0.1, 0.15) is 24.4 Å². The highest BCUT2D eigenvalue weighted by Crippen LogP contribution is 2.10. The molecule has 0 aliphatic heterocycles. The van der Waals surface area contributed by atoms with E-state index in [0.717, 1.165) is 0 Å². The van der Waals surface area contributed by atoms with E-state index < -0.39 is 0 Å². The number of nitrogens with zero attached hydrogens (tertiary/aromatic N) is 1. The molecule has 4 heteroatoms. The summed E-state index contributed by atoms with van der Waals surface area (Å²) in [6.45, 7) is 3.77. The molecule has 0 aromatic carbocycles. The summed E-state index contributed by atoms with van der Waals surface area (Å²) in [4.78, 5) is 10.7. The normalized spacial score (nSPS) is 9.64. The molecule has 0 saturated heterocycles. The van der Waals surface area contributed by atoms with Crippen LogP contribution in [0.3, 0.4) is 0 Å². The number of ketones is 1. The summed E-state index contributed by atoms with van der Waals surface area (Å²) < 4.78 is 9.63. The van der Waals surface area contributed by atoms with Crippen LogP contribution in [0.4, 0.5) is 0 Å². The highest BCUT2D eigenvalue weighted by Gasteiger charge is 2.07. The predicted octanol–water partition coefficient (Wildman–Crippen LogP) is 1.28. The van der Waals surface area contributed by atoms with Crippen molar-refractivity contribution in [3.8, 4) is 5.88 Å². The van der Waals surface area contributed by atoms with Crippen LogP contribution in [0.15, 0.2) is 10.6 Å². The Labute approximate surface area is 64.1 Å². The first-order chi connectivity index (χ1) is 5.24. The van der Waals surface area contributed by atoms with Crippen LogP contribution in [0.5, 0.6) is 5.88 Å². The summed E-state index contributed by atoms with van der Waals surface area (Å²) in [7, 11) is 0. The number of ether oxygens (including phenoxy) is 1. The topological polar surface area (TPSA) is 52.3 Å². The molecule has 1 rings (SSSR count). The third kappa shape index (κ3) is 1.80. The van der Waals surface area contributed by atoms with Crippen LogP contribution < -0.4 is 4.74 Å². The Bertz CT molecular complexity index is 254. The van der Waals surface area contributed by atoms with Gasteiger partial charge < -0.3 is 9.26 Å². The lowest BCUT2D eigenvalue weighted by Crippen LogP contribution is -1.90. The molecule has 0 fully saturated rings. The van der Waals surface area contributed by atoms with Crippen molar-refractivity contribution in [2.75, 3.05) is 6.61 Å². The molecule has 0 radical (unpaired) electrons. The van der Waals surface area contributed by atoms with Crippen LogP contribution in [-0.2, 0) is 0 Å². The molecular formula is C7H9NO3. The molecule has 11 heavy (non-hydrogen) atoms. The minimum atomic E-state index is -0.150. The summed E-state index contributed by atoms with van der Waals surface area (Å²) in [6.07, 6.45) is 0. The Hall–Kier alpha value is -1.32. The van der Waals surface area contributed by atoms with Crippen molar-refractivity contribution < 1.29 is 14.1 Å². The Morgan fingerprint density at radius 2 is 2.55 bits per heavy atom. The Morgan fingerprint density at radius 3 is 3.00 bits per heavy atom. The van der Waals surface area contributed by atoms with E-state index in [9.17, 15) is 4.79 Å². The molecule has 0 unspecified atom stereocenters. The van der Waals surface area contributed by atoms with Crippen LogP contribution in [-0.4, -0.2) is 17.5 Å². The van der Waals surface area contributed by atoms with Crippen molar-refractivity contribution in [1.29, 1.82) is 0 Å². The van der Waals surface area contributed by atoms with Crippen molar-refractivity contribution >= 4 is 5.78 Å². The van der Waals surface area contributed by atoms with Gasteiger partial charge in [0.05, 0.1) is 12.7 Å². The lowest BCUT2D eigenvalue weighted by atomic mass is 10.3. The SMILES string of the molecule is CCOc1cc(C(C)=O)on1. The number of carbonyl (C=O) groups excluding carboxylic acids is 1. The number of Topliss-reactive ketones (excluding diaryl/α,β-unsaturated/α-hetero) is 1. The maximum absolute atomic E-state index is 10.7. The van der Waals surface area contributed by atoms with E-state index in [1.807, 2.05) is 6.92 Å². The van der Waals surface area contributed by atoms with Gasteiger partial charge in [-0.25, -0.2) is 0 Å². The lowest BCUT2D eigenvalue weighted by molar-refractivity contribution is 0.0978. The van der Waals surface area contributed by atoms with Gasteiger partial charge in [-0.1, -0.05) is 0 Å². The van der Waals surface area contributed by atoms with Gasteiger partial charge in [0.2, 0.25) is 5.76 Å². The Balaban J connectivity index is 2.73. The van der Waals surface area contributed by atoms with E-state index in [-0.39, 0.29) is 11.5 Å². The molecule has 4 nitrogen and oxygen atoms in total. The summed E-state index contributed by atoms with van der Waals surface area (Å²) >= 11 is 0. The van der Waals surface area contributed by atoms with Crippen LogP contribution in [0.25, 0.3) is 0 Å². The molecule has 1 heterocycles. The molecule has 0 aliphatic carbocycles. The quantitative estimate of drug-likeness (QED) is 0.617. The number of hydrogen-bond donors (Lipinski definition) is 0. The highest BCUT2D eigenvalue weighted by atomic mass is 16.5. The molecule has 1 aromatic rings. The third-order valence-corrected chi connectivity index (χ3v) is 1.13. The van der Waals surface area contributed by atoms with Gasteiger partial charge in [0.1, 0.15) is 0 Å². The lowest BCUT2D eigenvalue weighted by Gasteiger charge is -1.91. The van der Waals surface area contributed by atoms with Crippen molar-refractivity contribution in [2.45, 2.75) is 13.8 Å². The molecule has 0 bridgehead atoms. The monoisotopic (exact) mass is 155 g/mol. The first kappa shape index (κ1) is 7.78. The minimum absolute atomic E-state index is 0.150. The fourth-order valence-electron chi connectivity index (χ4n) is 0.641. The van der Waals surface area contributed by atoms with Gasteiger partial charge in [0.25, 0.3) is 5.88 Å². The fourth-order valence-corrected chi connectivity index (χ4v) is 0.641. The van der Waals surface area contributed by atoms with Gasteiger partial charge in [-0.15, -0.1) is 0 Å². The average molecular weight is 155 g/mol. The molecule has 0 saturated carbocycles. The smallest absolute Gasteiger partial charge is 0.254 e. The average Bonchev–Trinajstić information content (AvgIpc) is 2.37. The minimum Gasteiger partial charge on any atom is -0.476 e. The zero-order valence-electron chi connectivity index (χ0n) is 6.46. The zero-order chi connectivity index (χ0) is 8.27. The second-order valence-electron chi connectivity index (χ2n) is 2.02. The van der Waals surface area contributed by atoms with Crippen molar-refractivity contribution in [3.05, 3.63) is 11.8 Å². The molecule has 1 aromatic heterocycles. The second kappa shape index (κ2) is 3.18. The first-order valence-electron chi connectivity index (χ1n) is 3.34. The summed E-state index contributed by atoms with van der Waals surface area (Å²) in [5, 5.41) is 3.51. The van der Waals surface area contributed by atoms with Crippen LogP contribution >= 0.6 is 0 Å². The number of carbonyl (C=O) groups is 1. The van der Waals surface area contributed by atoms with Crippen molar-refractivity contribution in [3.63, 3.8) is 0 Å². The van der Waals surface area contributed by atoms with Gasteiger partial charge in [0, 0.05) is 6.92 Å². The fraction of sp³-hybridized carbons (Fsp3) is 0.429. The van der Waals surface area contributed by atoms with Gasteiger partial charge in [-0.05, 0) is 12.1 Å². The van der Waals surface area contributed by atoms with Crippen LogP contribution in [0.2, 0.25) is 0 Å². The molecule has 0 amide bonds. The predicted molar refractivity (Wildman–Crippen MR) is 37.7 cm³/mol. The van der Waals surface area contributed by atoms with Crippen LogP contribution in [0, 0.1) is 0 Å². The molecule has 0 N–H and O–H groups in total. The van der Waals surface area contributed by atoms with E-state index in [0.29, 0.717) is 12.5 Å². The number of rotatable bonds is 3. The van der Waals surface area contributed by atoms with Crippen molar-refractivity contribution in [2.24, 2.45) is 0 Å². The van der Waals surface area contributed by atoms with E-state index in [2.05, 4.69) is 9.68 Å². The molecule has 0 aliphatic rings. The molecule has 60 valence electrons. The molecule has 0 spiro atoms. The van der Waals surface area contributed by atoms with Gasteiger partial charge in [-0.3, -0.25) is 4.79 Å². The van der Waals surface area contributed by atoms with Crippen molar-refractivity contribution in [1.82, 2.24) is 5.16 Å². The summed E-state index contributed by atoms with van der Waals surface area (Å²) in [5.41, 5.74) is 0. The van der Waals surface area contributed by atoms with E-state index in [4.69, 9.17) is 4.74 Å². The largest absolute Gasteiger partial charge is 0.476 e. The van der Waals surface area contributed by atoms with E-state index in [1.54, 1.807) is 0 Å². The number of aromatic nitrogens is 1. The number of hydrogen-bond acceptors (Lipinski definition) is 4. The Kier molecular flexibility index (Phi) is 2.25. The Morgan fingerprint density at radius 1 is 1.82 bits per heavy atom. The van der Waals surface area contributed by atoms with E-state index >= 15 is 0 Å². The van der Waals surface area contributed by atoms with Gasteiger partial charge >= 0.3 is 0 Å². The molecule has 0 atom stereocenters. The van der Waals surface area contributed by atoms with Gasteiger partial charge in [0.15, 0.2) is 5.78 Å². The first-order valence-corrected chi connectivity index (χ1v) is 3.34. The van der Waals surface area contributed by atoms with E-state index in [1.165, 1.54) is 13.0 Å². The summed E-state index contributed by atoms with van der Waals surface area (Å²) in [6, 6.07) is 1.48.